The lowest BCUT2D eigenvalue weighted by Crippen LogP contribution is -1.96. The molecule has 0 aliphatic heterocycles. The summed E-state index contributed by atoms with van der Waals surface area (Å²) in [6.07, 6.45) is 1.10. The van der Waals surface area contributed by atoms with Crippen molar-refractivity contribution in [2.24, 2.45) is 0 Å². The van der Waals surface area contributed by atoms with Crippen LogP contribution in [0.25, 0.3) is 11.1 Å². The van der Waals surface area contributed by atoms with Gasteiger partial charge in [-0.3, -0.25) is 0 Å². The monoisotopic (exact) mass is 376 g/mol. The standard InChI is InChI=1S/C19H14F2O4S/c1-26(23,24)15-6-2-12(3-7-15)16-11-14(22)5-9-18(16)25-19-8-4-13(20)10-17(19)21/h2-11,22H,1H3. The maximum atomic E-state index is 13.9. The predicted octanol–water partition coefficient (Wildman–Crippen LogP) is 4.53. The van der Waals surface area contributed by atoms with Crippen molar-refractivity contribution in [3.8, 4) is 28.4 Å². The molecule has 0 aliphatic rings. The van der Waals surface area contributed by atoms with E-state index in [0.717, 1.165) is 18.4 Å². The molecule has 134 valence electrons. The van der Waals surface area contributed by atoms with Crippen LogP contribution in [-0.2, 0) is 9.84 Å². The molecule has 1 N–H and O–H groups in total. The largest absolute Gasteiger partial charge is 0.508 e. The third kappa shape index (κ3) is 3.83. The van der Waals surface area contributed by atoms with Crippen LogP contribution in [0, 0.1) is 11.6 Å². The van der Waals surface area contributed by atoms with Gasteiger partial charge in [-0.2, -0.15) is 0 Å². The van der Waals surface area contributed by atoms with Crippen LogP contribution in [0.2, 0.25) is 0 Å². The van der Waals surface area contributed by atoms with Gasteiger partial charge in [-0.25, -0.2) is 17.2 Å². The second kappa shape index (κ2) is 6.76. The number of halogens is 2. The number of rotatable bonds is 4. The quantitative estimate of drug-likeness (QED) is 0.726. The van der Waals surface area contributed by atoms with E-state index < -0.39 is 21.5 Å². The van der Waals surface area contributed by atoms with E-state index in [1.165, 1.54) is 30.3 Å². The summed E-state index contributed by atoms with van der Waals surface area (Å²) in [6, 6.07) is 13.1. The molecular formula is C19H14F2O4S. The average Bonchev–Trinajstić information content (AvgIpc) is 2.58. The molecule has 0 radical (unpaired) electrons. The van der Waals surface area contributed by atoms with Crippen LogP contribution in [0.5, 0.6) is 17.2 Å². The second-order valence-corrected chi connectivity index (χ2v) is 7.67. The zero-order valence-corrected chi connectivity index (χ0v) is 14.4. The van der Waals surface area contributed by atoms with Crippen LogP contribution in [-0.4, -0.2) is 19.8 Å². The molecule has 3 rings (SSSR count). The molecule has 4 nitrogen and oxygen atoms in total. The van der Waals surface area contributed by atoms with E-state index in [-0.39, 0.29) is 22.1 Å². The molecule has 0 fully saturated rings. The Morgan fingerprint density at radius 2 is 1.54 bits per heavy atom. The highest BCUT2D eigenvalue weighted by atomic mass is 32.2. The number of benzene rings is 3. The van der Waals surface area contributed by atoms with Crippen LogP contribution < -0.4 is 4.74 Å². The van der Waals surface area contributed by atoms with Crippen LogP contribution in [0.3, 0.4) is 0 Å². The maximum Gasteiger partial charge on any atom is 0.175 e. The smallest absolute Gasteiger partial charge is 0.175 e. The molecule has 0 spiro atoms. The Balaban J connectivity index is 2.03. The molecule has 3 aromatic carbocycles. The highest BCUT2D eigenvalue weighted by molar-refractivity contribution is 7.90. The third-order valence-electron chi connectivity index (χ3n) is 3.67. The van der Waals surface area contributed by atoms with Crippen LogP contribution in [0.1, 0.15) is 0 Å². The summed E-state index contributed by atoms with van der Waals surface area (Å²) in [5.41, 5.74) is 0.986. The molecule has 0 unspecified atom stereocenters. The summed E-state index contributed by atoms with van der Waals surface area (Å²) in [5.74, 6) is -1.58. The first-order valence-electron chi connectivity index (χ1n) is 7.50. The van der Waals surface area contributed by atoms with Crippen molar-refractivity contribution >= 4 is 9.84 Å². The van der Waals surface area contributed by atoms with E-state index in [1.807, 2.05) is 0 Å². The van der Waals surface area contributed by atoms with Gasteiger partial charge in [-0.1, -0.05) is 12.1 Å². The van der Waals surface area contributed by atoms with E-state index in [4.69, 9.17) is 4.74 Å². The van der Waals surface area contributed by atoms with E-state index in [2.05, 4.69) is 0 Å². The van der Waals surface area contributed by atoms with Gasteiger partial charge in [-0.05, 0) is 48.0 Å². The molecule has 0 saturated carbocycles. The topological polar surface area (TPSA) is 63.6 Å². The summed E-state index contributed by atoms with van der Waals surface area (Å²) in [7, 11) is -3.34. The zero-order chi connectivity index (χ0) is 18.9. The number of phenolic OH excluding ortho intramolecular Hbond substituents is 1. The van der Waals surface area contributed by atoms with Crippen molar-refractivity contribution in [3.63, 3.8) is 0 Å². The molecular weight excluding hydrogens is 362 g/mol. The van der Waals surface area contributed by atoms with Crippen LogP contribution >= 0.6 is 0 Å². The van der Waals surface area contributed by atoms with Crippen LogP contribution in [0.15, 0.2) is 65.6 Å². The van der Waals surface area contributed by atoms with Crippen LogP contribution in [0.4, 0.5) is 8.78 Å². The molecule has 3 aromatic rings. The molecule has 0 heterocycles. The molecule has 26 heavy (non-hydrogen) atoms. The lowest BCUT2D eigenvalue weighted by Gasteiger charge is -2.13. The number of aromatic hydroxyl groups is 1. The number of ether oxygens (including phenoxy) is 1. The fraction of sp³-hybridized carbons (Fsp3) is 0.0526. The van der Waals surface area contributed by atoms with E-state index in [9.17, 15) is 22.3 Å². The lowest BCUT2D eigenvalue weighted by molar-refractivity contribution is 0.436. The Morgan fingerprint density at radius 1 is 0.885 bits per heavy atom. The first-order chi connectivity index (χ1) is 12.2. The molecule has 7 heteroatoms. The van der Waals surface area contributed by atoms with Gasteiger partial charge in [0.25, 0.3) is 0 Å². The second-order valence-electron chi connectivity index (χ2n) is 5.65. The first-order valence-corrected chi connectivity index (χ1v) is 9.39. The molecule has 0 amide bonds. The minimum atomic E-state index is -3.34. The molecule has 0 aliphatic carbocycles. The summed E-state index contributed by atoms with van der Waals surface area (Å²) in [4.78, 5) is 0.147. The van der Waals surface area contributed by atoms with Crippen molar-refractivity contribution in [1.29, 1.82) is 0 Å². The maximum absolute atomic E-state index is 13.9. The SMILES string of the molecule is CS(=O)(=O)c1ccc(-c2cc(O)ccc2Oc2ccc(F)cc2F)cc1. The fourth-order valence-corrected chi connectivity index (χ4v) is 3.02. The van der Waals surface area contributed by atoms with Gasteiger partial charge in [0.05, 0.1) is 4.90 Å². The number of sulfone groups is 1. The highest BCUT2D eigenvalue weighted by Gasteiger charge is 2.13. The van der Waals surface area contributed by atoms with Gasteiger partial charge in [-0.15, -0.1) is 0 Å². The Bertz CT molecular complexity index is 1060. The molecule has 0 atom stereocenters. The minimum Gasteiger partial charge on any atom is -0.508 e. The van der Waals surface area contributed by atoms with E-state index in [0.29, 0.717) is 17.2 Å². The Morgan fingerprint density at radius 3 is 2.15 bits per heavy atom. The Labute approximate surface area is 149 Å². The van der Waals surface area contributed by atoms with Crippen molar-refractivity contribution < 1.29 is 27.0 Å². The zero-order valence-electron chi connectivity index (χ0n) is 13.6. The molecule has 0 aromatic heterocycles. The van der Waals surface area contributed by atoms with Crippen molar-refractivity contribution in [2.45, 2.75) is 4.90 Å². The van der Waals surface area contributed by atoms with Gasteiger partial charge in [0.2, 0.25) is 0 Å². The average molecular weight is 376 g/mol. The normalized spacial score (nSPS) is 11.3. The summed E-state index contributed by atoms with van der Waals surface area (Å²) in [6.45, 7) is 0. The van der Waals surface area contributed by atoms with Gasteiger partial charge in [0, 0.05) is 17.9 Å². The summed E-state index contributed by atoms with van der Waals surface area (Å²) < 4.78 is 55.6. The number of hydrogen-bond donors (Lipinski definition) is 1. The number of hydrogen-bond acceptors (Lipinski definition) is 4. The van der Waals surface area contributed by atoms with E-state index in [1.54, 1.807) is 12.1 Å². The fourth-order valence-electron chi connectivity index (χ4n) is 2.39. The Kier molecular flexibility index (Phi) is 4.65. The van der Waals surface area contributed by atoms with Crippen molar-refractivity contribution in [1.82, 2.24) is 0 Å². The predicted molar refractivity (Wildman–Crippen MR) is 93.1 cm³/mol. The van der Waals surface area contributed by atoms with Gasteiger partial charge < -0.3 is 9.84 Å². The molecule has 0 bridgehead atoms. The first kappa shape index (κ1) is 17.9. The van der Waals surface area contributed by atoms with E-state index >= 15 is 0 Å². The summed E-state index contributed by atoms with van der Waals surface area (Å²) in [5, 5.41) is 9.76. The van der Waals surface area contributed by atoms with Gasteiger partial charge >= 0.3 is 0 Å². The van der Waals surface area contributed by atoms with Gasteiger partial charge in [0.1, 0.15) is 17.3 Å². The third-order valence-corrected chi connectivity index (χ3v) is 4.80. The van der Waals surface area contributed by atoms with Gasteiger partial charge in [0.15, 0.2) is 21.4 Å². The van der Waals surface area contributed by atoms with Crippen molar-refractivity contribution in [2.75, 3.05) is 6.26 Å². The Hall–Kier alpha value is -2.93. The number of phenols is 1. The minimum absolute atomic E-state index is 0.0425. The molecule has 0 saturated heterocycles. The lowest BCUT2D eigenvalue weighted by atomic mass is 10.0. The highest BCUT2D eigenvalue weighted by Crippen LogP contribution is 2.37. The van der Waals surface area contributed by atoms with Crippen molar-refractivity contribution in [3.05, 3.63) is 72.3 Å². The summed E-state index contributed by atoms with van der Waals surface area (Å²) >= 11 is 0.